The number of hydrogen-bond donors (Lipinski definition) is 2. The Hall–Kier alpha value is -2.58. The fourth-order valence-electron chi connectivity index (χ4n) is 2.78. The van der Waals surface area contributed by atoms with Gasteiger partial charge >= 0.3 is 0 Å². The van der Waals surface area contributed by atoms with Crippen LogP contribution in [0.4, 0.5) is 0 Å². The molecule has 0 aliphatic carbocycles. The van der Waals surface area contributed by atoms with Gasteiger partial charge in [-0.2, -0.15) is 5.10 Å². The number of nitrogens with one attached hydrogen (secondary N) is 2. The van der Waals surface area contributed by atoms with Gasteiger partial charge in [0.2, 0.25) is 5.91 Å². The highest BCUT2D eigenvalue weighted by Crippen LogP contribution is 2.35. The zero-order valence-corrected chi connectivity index (χ0v) is 19.8. The Morgan fingerprint density at radius 1 is 1.13 bits per heavy atom. The maximum Gasteiger partial charge on any atom is 0.252 e. The second-order valence-electron chi connectivity index (χ2n) is 6.58. The van der Waals surface area contributed by atoms with Crippen molar-refractivity contribution in [2.24, 2.45) is 5.10 Å². The summed E-state index contributed by atoms with van der Waals surface area (Å²) in [4.78, 5) is 24.0. The third-order valence-electron chi connectivity index (χ3n) is 4.34. The van der Waals surface area contributed by atoms with Crippen molar-refractivity contribution in [3.8, 4) is 11.5 Å². The van der Waals surface area contributed by atoms with Crippen LogP contribution in [0.25, 0.3) is 0 Å². The van der Waals surface area contributed by atoms with E-state index in [4.69, 9.17) is 21.1 Å². The highest BCUT2D eigenvalue weighted by Gasteiger charge is 2.10. The summed E-state index contributed by atoms with van der Waals surface area (Å²) in [6, 6.07) is 10.5. The third-order valence-corrected chi connectivity index (χ3v) is 5.26. The number of amides is 2. The van der Waals surface area contributed by atoms with E-state index in [-0.39, 0.29) is 11.8 Å². The quantitative estimate of drug-likeness (QED) is 0.263. The minimum Gasteiger partial charge on any atom is -0.493 e. The van der Waals surface area contributed by atoms with Gasteiger partial charge in [0, 0.05) is 13.0 Å². The second-order valence-corrected chi connectivity index (χ2v) is 7.84. The average molecular weight is 511 g/mol. The van der Waals surface area contributed by atoms with Crippen molar-refractivity contribution in [3.05, 3.63) is 57.0 Å². The molecule has 2 amide bonds. The molecule has 31 heavy (non-hydrogen) atoms. The number of rotatable bonds is 11. The predicted octanol–water partition coefficient (Wildman–Crippen LogP) is 4.56. The number of unbranched alkanes of at least 4 members (excludes halogenated alkanes) is 2. The fourth-order valence-corrected chi connectivity index (χ4v) is 3.62. The Kier molecular flexibility index (Phi) is 10.3. The summed E-state index contributed by atoms with van der Waals surface area (Å²) >= 11 is 9.42. The molecular weight excluding hydrogens is 486 g/mol. The Bertz CT molecular complexity index is 937. The van der Waals surface area contributed by atoms with E-state index in [1.165, 1.54) is 6.21 Å². The summed E-state index contributed by atoms with van der Waals surface area (Å²) in [5, 5.41) is 7.24. The Morgan fingerprint density at radius 2 is 1.90 bits per heavy atom. The maximum absolute atomic E-state index is 12.0. The molecule has 2 aromatic rings. The SMILES string of the molecule is COc1cc(/C=N/NC(=O)CCCCCNC(=O)c2ccccc2Cl)cc(Br)c1OC. The van der Waals surface area contributed by atoms with Crippen LogP contribution in [0.3, 0.4) is 0 Å². The fraction of sp³-hybridized carbons (Fsp3) is 0.318. The number of nitrogens with zero attached hydrogens (tertiary/aromatic N) is 1. The largest absolute Gasteiger partial charge is 0.493 e. The molecule has 0 aliphatic rings. The molecule has 166 valence electrons. The lowest BCUT2D eigenvalue weighted by Crippen LogP contribution is -2.24. The van der Waals surface area contributed by atoms with Gasteiger partial charge < -0.3 is 14.8 Å². The lowest BCUT2D eigenvalue weighted by atomic mass is 10.1. The second kappa shape index (κ2) is 13.0. The zero-order valence-electron chi connectivity index (χ0n) is 17.4. The normalized spacial score (nSPS) is 10.7. The van der Waals surface area contributed by atoms with Gasteiger partial charge in [-0.05, 0) is 58.6 Å². The molecule has 0 fully saturated rings. The third kappa shape index (κ3) is 7.88. The number of hydrogen-bond acceptors (Lipinski definition) is 5. The van der Waals surface area contributed by atoms with Gasteiger partial charge in [0.05, 0.1) is 35.5 Å². The Balaban J connectivity index is 1.66. The number of ether oxygens (including phenoxy) is 2. The van der Waals surface area contributed by atoms with Crippen molar-refractivity contribution in [1.29, 1.82) is 0 Å². The van der Waals surface area contributed by atoms with E-state index in [2.05, 4.69) is 31.8 Å². The van der Waals surface area contributed by atoms with Crippen molar-refractivity contribution >= 4 is 45.6 Å². The lowest BCUT2D eigenvalue weighted by molar-refractivity contribution is -0.121. The number of methoxy groups -OCH3 is 2. The van der Waals surface area contributed by atoms with Crippen molar-refractivity contribution < 1.29 is 19.1 Å². The van der Waals surface area contributed by atoms with Gasteiger partial charge in [0.1, 0.15) is 0 Å². The number of hydrazone groups is 1. The monoisotopic (exact) mass is 509 g/mol. The van der Waals surface area contributed by atoms with Crippen LogP contribution >= 0.6 is 27.5 Å². The average Bonchev–Trinajstić information content (AvgIpc) is 2.75. The van der Waals surface area contributed by atoms with Crippen LogP contribution in [0, 0.1) is 0 Å². The zero-order chi connectivity index (χ0) is 22.6. The molecule has 0 unspecified atom stereocenters. The molecule has 0 aromatic heterocycles. The summed E-state index contributed by atoms with van der Waals surface area (Å²) in [6.07, 6.45) is 4.17. The maximum atomic E-state index is 12.0. The smallest absolute Gasteiger partial charge is 0.252 e. The number of carbonyl (C=O) groups excluding carboxylic acids is 2. The van der Waals surface area contributed by atoms with E-state index < -0.39 is 0 Å². The minimum absolute atomic E-state index is 0.170. The molecule has 9 heteroatoms. The van der Waals surface area contributed by atoms with Crippen molar-refractivity contribution in [2.45, 2.75) is 25.7 Å². The molecule has 0 saturated carbocycles. The van der Waals surface area contributed by atoms with E-state index in [0.717, 1.165) is 22.9 Å². The van der Waals surface area contributed by atoms with E-state index in [1.807, 2.05) is 6.07 Å². The van der Waals surface area contributed by atoms with Crippen LogP contribution in [-0.2, 0) is 4.79 Å². The van der Waals surface area contributed by atoms with Gasteiger partial charge in [0.15, 0.2) is 11.5 Å². The van der Waals surface area contributed by atoms with E-state index >= 15 is 0 Å². The first kappa shape index (κ1) is 24.7. The highest BCUT2D eigenvalue weighted by atomic mass is 79.9. The van der Waals surface area contributed by atoms with Crippen LogP contribution in [0.1, 0.15) is 41.6 Å². The summed E-state index contributed by atoms with van der Waals surface area (Å²) in [5.41, 5.74) is 3.72. The van der Waals surface area contributed by atoms with Crippen molar-refractivity contribution in [2.75, 3.05) is 20.8 Å². The molecule has 0 atom stereocenters. The molecule has 0 radical (unpaired) electrons. The summed E-state index contributed by atoms with van der Waals surface area (Å²) in [7, 11) is 3.11. The van der Waals surface area contributed by atoms with Gasteiger partial charge in [-0.25, -0.2) is 5.43 Å². The number of benzene rings is 2. The van der Waals surface area contributed by atoms with E-state index in [1.54, 1.807) is 44.6 Å². The van der Waals surface area contributed by atoms with E-state index in [0.29, 0.717) is 41.5 Å². The first-order valence-corrected chi connectivity index (χ1v) is 10.9. The molecule has 7 nitrogen and oxygen atoms in total. The Labute approximate surface area is 195 Å². The van der Waals surface area contributed by atoms with Crippen LogP contribution in [-0.4, -0.2) is 38.8 Å². The van der Waals surface area contributed by atoms with Crippen LogP contribution < -0.4 is 20.2 Å². The first-order chi connectivity index (χ1) is 15.0. The lowest BCUT2D eigenvalue weighted by Gasteiger charge is -2.10. The molecule has 0 aliphatic heterocycles. The Morgan fingerprint density at radius 3 is 2.61 bits per heavy atom. The van der Waals surface area contributed by atoms with Crippen LogP contribution in [0.2, 0.25) is 5.02 Å². The van der Waals surface area contributed by atoms with Gasteiger partial charge in [-0.15, -0.1) is 0 Å². The van der Waals surface area contributed by atoms with E-state index in [9.17, 15) is 9.59 Å². The molecular formula is C22H25BrClN3O4. The van der Waals surface area contributed by atoms with Crippen LogP contribution in [0.5, 0.6) is 11.5 Å². The molecule has 2 N–H and O–H groups in total. The van der Waals surface area contributed by atoms with Crippen molar-refractivity contribution in [3.63, 3.8) is 0 Å². The first-order valence-electron chi connectivity index (χ1n) is 9.72. The van der Waals surface area contributed by atoms with Gasteiger partial charge in [0.25, 0.3) is 5.91 Å². The summed E-state index contributed by atoms with van der Waals surface area (Å²) in [5.74, 6) is 0.786. The van der Waals surface area contributed by atoms with Gasteiger partial charge in [-0.3, -0.25) is 9.59 Å². The molecule has 0 bridgehead atoms. The summed E-state index contributed by atoms with van der Waals surface area (Å²) in [6.45, 7) is 0.526. The molecule has 0 saturated heterocycles. The van der Waals surface area contributed by atoms with Gasteiger partial charge in [-0.1, -0.05) is 30.2 Å². The van der Waals surface area contributed by atoms with Crippen molar-refractivity contribution in [1.82, 2.24) is 10.7 Å². The predicted molar refractivity (Wildman–Crippen MR) is 125 cm³/mol. The molecule has 2 rings (SSSR count). The molecule has 2 aromatic carbocycles. The molecule has 0 heterocycles. The number of carbonyl (C=O) groups is 2. The topological polar surface area (TPSA) is 89.0 Å². The minimum atomic E-state index is -0.195. The number of halogens is 2. The standard InChI is InChI=1S/C22H25BrClN3O4/c1-30-19-13-15(12-17(23)21(19)31-2)14-26-27-20(28)10-4-3-7-11-25-22(29)16-8-5-6-9-18(16)24/h5-6,8-9,12-14H,3-4,7,10-11H2,1-2H3,(H,25,29)(H,27,28)/b26-14+. The molecule has 0 spiro atoms. The summed E-state index contributed by atoms with van der Waals surface area (Å²) < 4.78 is 11.3. The van der Waals surface area contributed by atoms with Crippen LogP contribution in [0.15, 0.2) is 46.0 Å². The highest BCUT2D eigenvalue weighted by molar-refractivity contribution is 9.10.